The number of amides is 2. The van der Waals surface area contributed by atoms with Crippen LogP contribution < -0.4 is 10.6 Å². The molecule has 0 spiro atoms. The molecule has 2 fully saturated rings. The molecule has 1 aromatic carbocycles. The summed E-state index contributed by atoms with van der Waals surface area (Å²) in [5, 5.41) is 20.4. The first-order valence-electron chi connectivity index (χ1n) is 13.0. The van der Waals surface area contributed by atoms with Gasteiger partial charge in [0.2, 0.25) is 0 Å². The SMILES string of the molecule is O=C(N[C@H]1C[C@@H](Nc2cc(C(F)(F)F)nc3ccc(Cl)cc23)CN(C(=O)C(F)F)C1)c1cn(CC2(O)CCC2)nc1Cl. The second kappa shape index (κ2) is 11.5. The number of pyridine rings is 1. The predicted octanol–water partition coefficient (Wildman–Crippen LogP) is 4.75. The van der Waals surface area contributed by atoms with Crippen molar-refractivity contribution in [3.8, 4) is 0 Å². The Kier molecular flexibility index (Phi) is 8.25. The average Bonchev–Trinajstić information content (AvgIpc) is 3.26. The molecule has 16 heteroatoms. The fourth-order valence-electron chi connectivity index (χ4n) is 5.25. The van der Waals surface area contributed by atoms with Crippen LogP contribution in [0.25, 0.3) is 10.9 Å². The van der Waals surface area contributed by atoms with Crippen LogP contribution in [0.1, 0.15) is 41.7 Å². The highest BCUT2D eigenvalue weighted by Crippen LogP contribution is 2.35. The Morgan fingerprint density at radius 2 is 1.86 bits per heavy atom. The number of aliphatic hydroxyl groups is 1. The van der Waals surface area contributed by atoms with Gasteiger partial charge in [-0.25, -0.2) is 4.98 Å². The number of benzene rings is 1. The van der Waals surface area contributed by atoms with Gasteiger partial charge in [-0.15, -0.1) is 0 Å². The first kappa shape index (κ1) is 30.2. The van der Waals surface area contributed by atoms with Crippen LogP contribution in [-0.4, -0.2) is 73.8 Å². The zero-order chi connectivity index (χ0) is 30.4. The lowest BCUT2D eigenvalue weighted by molar-refractivity contribution is -0.144. The summed E-state index contributed by atoms with van der Waals surface area (Å²) in [5.41, 5.74) is -2.16. The molecule has 1 aliphatic heterocycles. The van der Waals surface area contributed by atoms with E-state index in [2.05, 4.69) is 20.7 Å². The molecule has 2 amide bonds. The number of hydrogen-bond donors (Lipinski definition) is 3. The van der Waals surface area contributed by atoms with Gasteiger partial charge in [0.25, 0.3) is 11.8 Å². The molecule has 0 unspecified atom stereocenters. The number of halogens is 7. The molecule has 226 valence electrons. The van der Waals surface area contributed by atoms with Crippen LogP contribution in [0, 0.1) is 0 Å². The summed E-state index contributed by atoms with van der Waals surface area (Å²) < 4.78 is 68.9. The van der Waals surface area contributed by atoms with E-state index in [4.69, 9.17) is 23.2 Å². The third kappa shape index (κ3) is 6.55. The van der Waals surface area contributed by atoms with Crippen LogP contribution in [0.3, 0.4) is 0 Å². The van der Waals surface area contributed by atoms with Gasteiger partial charge in [0, 0.05) is 47.5 Å². The number of anilines is 1. The summed E-state index contributed by atoms with van der Waals surface area (Å²) in [6, 6.07) is 3.18. The van der Waals surface area contributed by atoms with E-state index in [-0.39, 0.29) is 58.4 Å². The summed E-state index contributed by atoms with van der Waals surface area (Å²) in [4.78, 5) is 29.9. The van der Waals surface area contributed by atoms with Gasteiger partial charge in [0.05, 0.1) is 23.2 Å². The summed E-state index contributed by atoms with van der Waals surface area (Å²) in [6.45, 7) is -0.399. The molecule has 3 N–H and O–H groups in total. The third-order valence-electron chi connectivity index (χ3n) is 7.41. The number of piperidine rings is 1. The van der Waals surface area contributed by atoms with E-state index in [9.17, 15) is 36.6 Å². The number of rotatable bonds is 7. The molecular weight excluding hydrogens is 610 g/mol. The number of aromatic nitrogens is 3. The van der Waals surface area contributed by atoms with Crippen LogP contribution >= 0.6 is 23.2 Å². The minimum Gasteiger partial charge on any atom is -0.388 e. The molecule has 1 aliphatic carbocycles. The van der Waals surface area contributed by atoms with E-state index in [1.807, 2.05) is 0 Å². The number of nitrogens with zero attached hydrogens (tertiary/aromatic N) is 4. The smallest absolute Gasteiger partial charge is 0.388 e. The largest absolute Gasteiger partial charge is 0.433 e. The summed E-state index contributed by atoms with van der Waals surface area (Å²) in [7, 11) is 0. The molecule has 5 rings (SSSR count). The van der Waals surface area contributed by atoms with Gasteiger partial charge in [-0.05, 0) is 49.9 Å². The zero-order valence-electron chi connectivity index (χ0n) is 21.8. The van der Waals surface area contributed by atoms with Crippen molar-refractivity contribution < 1.29 is 36.6 Å². The van der Waals surface area contributed by atoms with E-state index in [0.717, 1.165) is 17.4 Å². The molecule has 2 aromatic heterocycles. The molecule has 1 saturated heterocycles. The maximum absolute atomic E-state index is 13.6. The van der Waals surface area contributed by atoms with E-state index in [1.165, 1.54) is 29.1 Å². The highest BCUT2D eigenvalue weighted by molar-refractivity contribution is 6.32. The van der Waals surface area contributed by atoms with Crippen LogP contribution in [-0.2, 0) is 17.5 Å². The highest BCUT2D eigenvalue weighted by Gasteiger charge is 2.38. The quantitative estimate of drug-likeness (QED) is 0.324. The topological polar surface area (TPSA) is 112 Å². The molecule has 3 aromatic rings. The fraction of sp³-hybridized carbons (Fsp3) is 0.462. The zero-order valence-corrected chi connectivity index (χ0v) is 23.3. The molecule has 9 nitrogen and oxygen atoms in total. The van der Waals surface area contributed by atoms with Gasteiger partial charge in [0.15, 0.2) is 5.15 Å². The fourth-order valence-corrected chi connectivity index (χ4v) is 5.65. The van der Waals surface area contributed by atoms with Crippen LogP contribution in [0.2, 0.25) is 10.2 Å². The number of hydrogen-bond acceptors (Lipinski definition) is 6. The number of fused-ring (bicyclic) bond motifs is 1. The highest BCUT2D eigenvalue weighted by atomic mass is 35.5. The lowest BCUT2D eigenvalue weighted by atomic mass is 9.80. The van der Waals surface area contributed by atoms with E-state index >= 15 is 0 Å². The Labute approximate surface area is 246 Å². The van der Waals surface area contributed by atoms with E-state index < -0.39 is 47.8 Å². The lowest BCUT2D eigenvalue weighted by Crippen LogP contribution is -2.57. The number of carbonyl (C=O) groups is 2. The molecule has 3 heterocycles. The Hall–Kier alpha value is -3.23. The predicted molar refractivity (Wildman–Crippen MR) is 144 cm³/mol. The molecule has 1 saturated carbocycles. The standard InChI is InChI=1S/C26H25Cl2F5N6O3/c27-13-2-3-18-16(6-13)19(8-20(36-18)26(31,32)33)34-14-7-15(10-38(9-14)24(41)22(29)30)35-23(40)17-11-39(37-21(17)28)12-25(42)4-1-5-25/h2-3,6,8,11,14-15,22,42H,1,4-5,7,9-10,12H2,(H,34,36)(H,35,40)/t14-,15+/m1/s1. The van der Waals surface area contributed by atoms with Crippen molar-refractivity contribution in [1.29, 1.82) is 0 Å². The Balaban J connectivity index is 1.39. The van der Waals surface area contributed by atoms with Gasteiger partial charge in [0.1, 0.15) is 5.69 Å². The van der Waals surface area contributed by atoms with Crippen molar-refractivity contribution in [3.63, 3.8) is 0 Å². The van der Waals surface area contributed by atoms with Crippen LogP contribution in [0.15, 0.2) is 30.5 Å². The Morgan fingerprint density at radius 1 is 1.14 bits per heavy atom. The van der Waals surface area contributed by atoms with Crippen molar-refractivity contribution in [2.45, 2.75) is 62.5 Å². The minimum atomic E-state index is -4.77. The van der Waals surface area contributed by atoms with Crippen molar-refractivity contribution in [3.05, 3.63) is 51.9 Å². The molecule has 2 atom stereocenters. The maximum atomic E-state index is 13.6. The summed E-state index contributed by atoms with van der Waals surface area (Å²) >= 11 is 12.2. The Morgan fingerprint density at radius 3 is 2.50 bits per heavy atom. The first-order chi connectivity index (χ1) is 19.7. The molecular formula is C26H25Cl2F5N6O3. The van der Waals surface area contributed by atoms with Crippen molar-refractivity contribution in [1.82, 2.24) is 25.0 Å². The minimum absolute atomic E-state index is 0.00360. The van der Waals surface area contributed by atoms with Crippen LogP contribution in [0.5, 0.6) is 0 Å². The van der Waals surface area contributed by atoms with Crippen molar-refractivity contribution in [2.24, 2.45) is 0 Å². The molecule has 2 aliphatic rings. The number of nitrogens with one attached hydrogen (secondary N) is 2. The summed E-state index contributed by atoms with van der Waals surface area (Å²) in [6.07, 6.45) is -4.65. The summed E-state index contributed by atoms with van der Waals surface area (Å²) in [5.74, 6) is -2.18. The molecule has 0 bridgehead atoms. The molecule has 0 radical (unpaired) electrons. The van der Waals surface area contributed by atoms with Crippen LogP contribution in [0.4, 0.5) is 27.6 Å². The number of alkyl halides is 5. The van der Waals surface area contributed by atoms with Gasteiger partial charge in [-0.1, -0.05) is 23.2 Å². The second-order valence-corrected chi connectivity index (χ2v) is 11.4. The van der Waals surface area contributed by atoms with Gasteiger partial charge in [-0.3, -0.25) is 14.3 Å². The first-order valence-corrected chi connectivity index (χ1v) is 13.7. The Bertz CT molecular complexity index is 1510. The number of carbonyl (C=O) groups excluding carboxylic acids is 2. The monoisotopic (exact) mass is 634 g/mol. The van der Waals surface area contributed by atoms with Gasteiger partial charge in [-0.2, -0.15) is 27.1 Å². The van der Waals surface area contributed by atoms with Crippen molar-refractivity contribution >= 4 is 51.6 Å². The van der Waals surface area contributed by atoms with Crippen molar-refractivity contribution in [2.75, 3.05) is 18.4 Å². The van der Waals surface area contributed by atoms with E-state index in [1.54, 1.807) is 0 Å². The third-order valence-corrected chi connectivity index (χ3v) is 7.92. The van der Waals surface area contributed by atoms with Gasteiger partial charge < -0.3 is 20.6 Å². The van der Waals surface area contributed by atoms with Gasteiger partial charge >= 0.3 is 12.6 Å². The second-order valence-electron chi connectivity index (χ2n) is 10.6. The van der Waals surface area contributed by atoms with E-state index in [0.29, 0.717) is 12.8 Å². The lowest BCUT2D eigenvalue weighted by Gasteiger charge is -2.38. The average molecular weight is 635 g/mol. The molecule has 42 heavy (non-hydrogen) atoms. The number of likely N-dealkylation sites (tertiary alicyclic amines) is 1. The maximum Gasteiger partial charge on any atom is 0.433 e. The normalized spacial score (nSPS) is 20.5.